The third-order valence-electron chi connectivity index (χ3n) is 4.42. The van der Waals surface area contributed by atoms with Crippen LogP contribution in [0.15, 0.2) is 55.4 Å². The molecule has 1 aliphatic heterocycles. The first-order chi connectivity index (χ1) is 12.8. The molecule has 4 rings (SSSR count). The first-order valence-corrected chi connectivity index (χ1v) is 8.57. The molecule has 0 aliphatic carbocycles. The van der Waals surface area contributed by atoms with Gasteiger partial charge in [-0.15, -0.1) is 10.2 Å². The minimum absolute atomic E-state index is 0.0682. The lowest BCUT2D eigenvalue weighted by Gasteiger charge is -2.33. The van der Waals surface area contributed by atoms with Crippen LogP contribution in [-0.2, 0) is 0 Å². The van der Waals surface area contributed by atoms with Gasteiger partial charge in [0.15, 0.2) is 0 Å². The number of hydrogen-bond acceptors (Lipinski definition) is 6. The van der Waals surface area contributed by atoms with Gasteiger partial charge in [-0.1, -0.05) is 6.07 Å². The lowest BCUT2D eigenvalue weighted by molar-refractivity contribution is 0.0933. The van der Waals surface area contributed by atoms with Crippen LogP contribution in [0, 0.1) is 0 Å². The number of nitrogens with one attached hydrogen (secondary N) is 1. The lowest BCUT2D eigenvalue weighted by atomic mass is 10.1. The Morgan fingerprint density at radius 1 is 1.12 bits per heavy atom. The van der Waals surface area contributed by atoms with Crippen LogP contribution in [-0.4, -0.2) is 49.8 Å². The zero-order valence-corrected chi connectivity index (χ0v) is 14.2. The van der Waals surface area contributed by atoms with Crippen LogP contribution in [0.4, 0.5) is 5.95 Å². The average molecular weight is 349 g/mol. The SMILES string of the molecule is O=C(NC1CCCN(c2ncccn2)C1)c1cccc(-n2cnnc2)c1. The molecule has 8 heteroatoms. The average Bonchev–Trinajstić information content (AvgIpc) is 3.24. The van der Waals surface area contributed by atoms with Crippen LogP contribution >= 0.6 is 0 Å². The molecule has 1 unspecified atom stereocenters. The molecule has 3 aromatic rings. The number of carbonyl (C=O) groups excluding carboxylic acids is 1. The number of aromatic nitrogens is 5. The fourth-order valence-corrected chi connectivity index (χ4v) is 3.14. The van der Waals surface area contributed by atoms with E-state index in [4.69, 9.17) is 0 Å². The van der Waals surface area contributed by atoms with Crippen LogP contribution in [0.25, 0.3) is 5.69 Å². The van der Waals surface area contributed by atoms with Crippen molar-refractivity contribution in [3.8, 4) is 5.69 Å². The summed E-state index contributed by atoms with van der Waals surface area (Å²) in [5.41, 5.74) is 1.47. The second-order valence-corrected chi connectivity index (χ2v) is 6.23. The summed E-state index contributed by atoms with van der Waals surface area (Å²) >= 11 is 0. The van der Waals surface area contributed by atoms with Crippen LogP contribution in [0.5, 0.6) is 0 Å². The highest BCUT2D eigenvalue weighted by molar-refractivity contribution is 5.95. The van der Waals surface area contributed by atoms with E-state index >= 15 is 0 Å². The first-order valence-electron chi connectivity index (χ1n) is 8.57. The maximum Gasteiger partial charge on any atom is 0.251 e. The van der Waals surface area contributed by atoms with Gasteiger partial charge in [-0.3, -0.25) is 9.36 Å². The predicted molar refractivity (Wildman–Crippen MR) is 96.1 cm³/mol. The molecule has 0 bridgehead atoms. The van der Waals surface area contributed by atoms with Crippen molar-refractivity contribution < 1.29 is 4.79 Å². The molecule has 1 fully saturated rings. The largest absolute Gasteiger partial charge is 0.348 e. The molecule has 0 spiro atoms. The van der Waals surface area contributed by atoms with E-state index in [2.05, 4.69) is 30.4 Å². The summed E-state index contributed by atoms with van der Waals surface area (Å²) < 4.78 is 1.77. The highest BCUT2D eigenvalue weighted by atomic mass is 16.1. The summed E-state index contributed by atoms with van der Waals surface area (Å²) in [7, 11) is 0. The molecule has 2 aromatic heterocycles. The summed E-state index contributed by atoms with van der Waals surface area (Å²) in [4.78, 5) is 23.4. The Balaban J connectivity index is 1.44. The van der Waals surface area contributed by atoms with Gasteiger partial charge in [-0.2, -0.15) is 0 Å². The van der Waals surface area contributed by atoms with Gasteiger partial charge in [-0.05, 0) is 37.1 Å². The van der Waals surface area contributed by atoms with Gasteiger partial charge in [0.2, 0.25) is 5.95 Å². The minimum Gasteiger partial charge on any atom is -0.348 e. The van der Waals surface area contributed by atoms with Crippen LogP contribution in [0.3, 0.4) is 0 Å². The molecule has 8 nitrogen and oxygen atoms in total. The van der Waals surface area contributed by atoms with Crippen molar-refractivity contribution in [2.45, 2.75) is 18.9 Å². The number of piperidine rings is 1. The summed E-state index contributed by atoms with van der Waals surface area (Å²) in [6.07, 6.45) is 8.62. The smallest absolute Gasteiger partial charge is 0.251 e. The molecular weight excluding hydrogens is 330 g/mol. The predicted octanol–water partition coefficient (Wildman–Crippen LogP) is 1.46. The number of anilines is 1. The fraction of sp³-hybridized carbons (Fsp3) is 0.278. The summed E-state index contributed by atoms with van der Waals surface area (Å²) in [5.74, 6) is 0.627. The number of hydrogen-bond donors (Lipinski definition) is 1. The van der Waals surface area contributed by atoms with Gasteiger partial charge in [0.1, 0.15) is 12.7 Å². The van der Waals surface area contributed by atoms with E-state index in [-0.39, 0.29) is 11.9 Å². The molecule has 26 heavy (non-hydrogen) atoms. The Bertz CT molecular complexity index is 866. The molecule has 0 saturated carbocycles. The standard InChI is InChI=1S/C18H19N7O/c26-17(14-4-1-6-16(10-14)25-12-21-22-13-25)23-15-5-2-9-24(11-15)18-19-7-3-8-20-18/h1,3-4,6-8,10,12-13,15H,2,5,9,11H2,(H,23,26). The van der Waals surface area contributed by atoms with Crippen molar-refractivity contribution in [3.05, 3.63) is 60.9 Å². The van der Waals surface area contributed by atoms with E-state index in [1.807, 2.05) is 24.3 Å². The highest BCUT2D eigenvalue weighted by Gasteiger charge is 2.23. The molecule has 1 aliphatic rings. The maximum absolute atomic E-state index is 12.7. The van der Waals surface area contributed by atoms with Crippen molar-refractivity contribution >= 4 is 11.9 Å². The number of carbonyl (C=O) groups is 1. The van der Waals surface area contributed by atoms with Crippen molar-refractivity contribution in [1.82, 2.24) is 30.0 Å². The number of benzene rings is 1. The molecule has 1 saturated heterocycles. The molecule has 1 amide bonds. The molecule has 1 N–H and O–H groups in total. The number of rotatable bonds is 4. The van der Waals surface area contributed by atoms with Crippen LogP contribution in [0.2, 0.25) is 0 Å². The first kappa shape index (κ1) is 16.2. The molecule has 1 atom stereocenters. The fourth-order valence-electron chi connectivity index (χ4n) is 3.14. The number of nitrogens with zero attached hydrogens (tertiary/aromatic N) is 6. The van der Waals surface area contributed by atoms with E-state index in [1.54, 1.807) is 35.7 Å². The normalized spacial score (nSPS) is 17.1. The Kier molecular flexibility index (Phi) is 4.55. The van der Waals surface area contributed by atoms with Gasteiger partial charge in [-0.25, -0.2) is 9.97 Å². The Hall–Kier alpha value is -3.29. The maximum atomic E-state index is 12.7. The van der Waals surface area contributed by atoms with Gasteiger partial charge >= 0.3 is 0 Å². The van der Waals surface area contributed by atoms with Gasteiger partial charge < -0.3 is 10.2 Å². The Morgan fingerprint density at radius 2 is 1.92 bits per heavy atom. The molecule has 1 aromatic carbocycles. The van der Waals surface area contributed by atoms with Crippen molar-refractivity contribution in [1.29, 1.82) is 0 Å². The van der Waals surface area contributed by atoms with E-state index in [0.717, 1.165) is 25.1 Å². The number of amides is 1. The third-order valence-corrected chi connectivity index (χ3v) is 4.42. The lowest BCUT2D eigenvalue weighted by Crippen LogP contribution is -2.48. The van der Waals surface area contributed by atoms with E-state index in [1.165, 1.54) is 0 Å². The zero-order chi connectivity index (χ0) is 17.8. The van der Waals surface area contributed by atoms with Crippen molar-refractivity contribution in [3.63, 3.8) is 0 Å². The summed E-state index contributed by atoms with van der Waals surface area (Å²) in [6, 6.07) is 9.28. The molecular formula is C18H19N7O. The zero-order valence-electron chi connectivity index (χ0n) is 14.2. The molecule has 3 heterocycles. The van der Waals surface area contributed by atoms with Crippen molar-refractivity contribution in [2.75, 3.05) is 18.0 Å². The Morgan fingerprint density at radius 3 is 2.73 bits per heavy atom. The second-order valence-electron chi connectivity index (χ2n) is 6.23. The topological polar surface area (TPSA) is 88.8 Å². The summed E-state index contributed by atoms with van der Waals surface area (Å²) in [5, 5.41) is 10.7. The molecule has 0 radical (unpaired) electrons. The van der Waals surface area contributed by atoms with E-state index in [0.29, 0.717) is 18.1 Å². The van der Waals surface area contributed by atoms with Crippen LogP contribution in [0.1, 0.15) is 23.2 Å². The van der Waals surface area contributed by atoms with Gasteiger partial charge in [0, 0.05) is 42.8 Å². The third kappa shape index (κ3) is 3.53. The van der Waals surface area contributed by atoms with E-state index < -0.39 is 0 Å². The quantitative estimate of drug-likeness (QED) is 0.767. The van der Waals surface area contributed by atoms with E-state index in [9.17, 15) is 4.79 Å². The summed E-state index contributed by atoms with van der Waals surface area (Å²) in [6.45, 7) is 1.61. The van der Waals surface area contributed by atoms with Crippen molar-refractivity contribution in [2.24, 2.45) is 0 Å². The minimum atomic E-state index is -0.0826. The Labute approximate surface area is 150 Å². The van der Waals surface area contributed by atoms with Gasteiger partial charge in [0.05, 0.1) is 0 Å². The second kappa shape index (κ2) is 7.30. The molecule has 132 valence electrons. The van der Waals surface area contributed by atoms with Gasteiger partial charge in [0.25, 0.3) is 5.91 Å². The highest BCUT2D eigenvalue weighted by Crippen LogP contribution is 2.16. The van der Waals surface area contributed by atoms with Crippen LogP contribution < -0.4 is 10.2 Å². The monoisotopic (exact) mass is 349 g/mol.